The standard InChI is InChI=1S/C21H16ClN3O4S/c1-29-19-5-3-2-4-18(19)25-30(27,28)20-12-16(10-11-17(20)22)24-21(26)15-8-6-14(13-23)7-9-15/h2-12,25H,1H3,(H,24,26). The summed E-state index contributed by atoms with van der Waals surface area (Å²) in [6, 6.07) is 18.7. The van der Waals surface area contributed by atoms with Gasteiger partial charge in [0, 0.05) is 11.3 Å². The summed E-state index contributed by atoms with van der Waals surface area (Å²) in [5, 5.41) is 11.5. The van der Waals surface area contributed by atoms with Gasteiger partial charge >= 0.3 is 0 Å². The molecule has 0 aliphatic carbocycles. The summed E-state index contributed by atoms with van der Waals surface area (Å²) in [4.78, 5) is 12.2. The molecule has 152 valence electrons. The normalized spacial score (nSPS) is 10.7. The second-order valence-corrected chi connectivity index (χ2v) is 8.15. The fraction of sp³-hybridized carbons (Fsp3) is 0.0476. The molecule has 0 heterocycles. The summed E-state index contributed by atoms with van der Waals surface area (Å²) in [5.41, 5.74) is 1.24. The summed E-state index contributed by atoms with van der Waals surface area (Å²) in [6.07, 6.45) is 0. The number of hydrogen-bond acceptors (Lipinski definition) is 5. The van der Waals surface area contributed by atoms with Crippen LogP contribution in [-0.4, -0.2) is 21.4 Å². The maximum absolute atomic E-state index is 12.9. The van der Waals surface area contributed by atoms with Crippen LogP contribution in [0.4, 0.5) is 11.4 Å². The molecule has 0 aliphatic rings. The van der Waals surface area contributed by atoms with Crippen LogP contribution in [0.15, 0.2) is 71.6 Å². The van der Waals surface area contributed by atoms with Crippen LogP contribution in [0.25, 0.3) is 0 Å². The molecule has 0 aromatic heterocycles. The van der Waals surface area contributed by atoms with Crippen LogP contribution < -0.4 is 14.8 Å². The number of carbonyl (C=O) groups is 1. The van der Waals surface area contributed by atoms with Gasteiger partial charge in [-0.15, -0.1) is 0 Å². The zero-order chi connectivity index (χ0) is 21.7. The zero-order valence-corrected chi connectivity index (χ0v) is 17.3. The minimum Gasteiger partial charge on any atom is -0.495 e. The largest absolute Gasteiger partial charge is 0.495 e. The third kappa shape index (κ3) is 4.71. The Balaban J connectivity index is 1.87. The molecule has 30 heavy (non-hydrogen) atoms. The van der Waals surface area contributed by atoms with Gasteiger partial charge in [0.05, 0.1) is 29.5 Å². The number of nitrogens with zero attached hydrogens (tertiary/aromatic N) is 1. The van der Waals surface area contributed by atoms with E-state index in [4.69, 9.17) is 21.6 Å². The van der Waals surface area contributed by atoms with Crippen LogP contribution in [0.5, 0.6) is 5.75 Å². The minimum absolute atomic E-state index is 0.00577. The number of ether oxygens (including phenoxy) is 1. The van der Waals surface area contributed by atoms with E-state index in [1.54, 1.807) is 24.3 Å². The van der Waals surface area contributed by atoms with Crippen molar-refractivity contribution in [1.29, 1.82) is 5.26 Å². The molecule has 3 aromatic carbocycles. The van der Waals surface area contributed by atoms with Crippen molar-refractivity contribution in [2.45, 2.75) is 4.90 Å². The highest BCUT2D eigenvalue weighted by molar-refractivity contribution is 7.92. The predicted molar refractivity (Wildman–Crippen MR) is 114 cm³/mol. The Morgan fingerprint density at radius 3 is 2.43 bits per heavy atom. The highest BCUT2D eigenvalue weighted by atomic mass is 35.5. The van der Waals surface area contributed by atoms with E-state index in [0.29, 0.717) is 16.9 Å². The Morgan fingerprint density at radius 2 is 1.77 bits per heavy atom. The summed E-state index contributed by atoms with van der Waals surface area (Å²) < 4.78 is 33.4. The van der Waals surface area contributed by atoms with Crippen LogP contribution in [0.2, 0.25) is 5.02 Å². The monoisotopic (exact) mass is 441 g/mol. The van der Waals surface area contributed by atoms with Crippen molar-refractivity contribution in [3.8, 4) is 11.8 Å². The van der Waals surface area contributed by atoms with Crippen LogP contribution in [-0.2, 0) is 10.0 Å². The lowest BCUT2D eigenvalue weighted by Gasteiger charge is -2.14. The van der Waals surface area contributed by atoms with E-state index in [9.17, 15) is 13.2 Å². The zero-order valence-electron chi connectivity index (χ0n) is 15.7. The van der Waals surface area contributed by atoms with Crippen molar-refractivity contribution < 1.29 is 17.9 Å². The quantitative estimate of drug-likeness (QED) is 0.593. The molecular weight excluding hydrogens is 426 g/mol. The molecule has 0 radical (unpaired) electrons. The molecule has 3 rings (SSSR count). The van der Waals surface area contributed by atoms with Crippen LogP contribution in [0, 0.1) is 11.3 Å². The molecule has 0 spiro atoms. The average molecular weight is 442 g/mol. The number of anilines is 2. The minimum atomic E-state index is -4.06. The average Bonchev–Trinajstić information content (AvgIpc) is 2.75. The molecule has 0 fully saturated rings. The molecular formula is C21H16ClN3O4S. The molecule has 3 aromatic rings. The molecule has 9 heteroatoms. The first kappa shape index (κ1) is 21.2. The SMILES string of the molecule is COc1ccccc1NS(=O)(=O)c1cc(NC(=O)c2ccc(C#N)cc2)ccc1Cl. The van der Waals surface area contributed by atoms with Crippen LogP contribution in [0.3, 0.4) is 0 Å². The Labute approximate surface area is 178 Å². The highest BCUT2D eigenvalue weighted by Gasteiger charge is 2.21. The Bertz CT molecular complexity index is 1240. The topological polar surface area (TPSA) is 108 Å². The number of nitriles is 1. The summed E-state index contributed by atoms with van der Waals surface area (Å²) in [6.45, 7) is 0. The Morgan fingerprint density at radius 1 is 1.07 bits per heavy atom. The first-order chi connectivity index (χ1) is 14.3. The second-order valence-electron chi connectivity index (χ2n) is 6.09. The molecule has 0 unspecified atom stereocenters. The van der Waals surface area contributed by atoms with E-state index >= 15 is 0 Å². The number of amides is 1. The summed E-state index contributed by atoms with van der Waals surface area (Å²) >= 11 is 6.11. The van der Waals surface area contributed by atoms with Gasteiger partial charge in [0.15, 0.2) is 0 Å². The summed E-state index contributed by atoms with van der Waals surface area (Å²) in [7, 11) is -2.63. The molecule has 0 atom stereocenters. The van der Waals surface area contributed by atoms with E-state index < -0.39 is 15.9 Å². The molecule has 0 bridgehead atoms. The first-order valence-corrected chi connectivity index (χ1v) is 10.5. The molecule has 2 N–H and O–H groups in total. The van der Waals surface area contributed by atoms with Crippen molar-refractivity contribution >= 4 is 38.9 Å². The molecule has 0 saturated heterocycles. The number of sulfonamides is 1. The number of methoxy groups -OCH3 is 1. The van der Waals surface area contributed by atoms with Gasteiger partial charge in [0.2, 0.25) is 0 Å². The predicted octanol–water partition coefficient (Wildman–Crippen LogP) is 4.27. The highest BCUT2D eigenvalue weighted by Crippen LogP contribution is 2.30. The lowest BCUT2D eigenvalue weighted by Crippen LogP contribution is -2.16. The number of para-hydroxylation sites is 2. The molecule has 0 aliphatic heterocycles. The van der Waals surface area contributed by atoms with Gasteiger partial charge in [0.1, 0.15) is 10.6 Å². The first-order valence-electron chi connectivity index (χ1n) is 8.61. The smallest absolute Gasteiger partial charge is 0.263 e. The third-order valence-electron chi connectivity index (χ3n) is 4.11. The van der Waals surface area contributed by atoms with E-state index in [0.717, 1.165) is 0 Å². The fourth-order valence-electron chi connectivity index (χ4n) is 2.62. The fourth-order valence-corrected chi connectivity index (χ4v) is 4.21. The van der Waals surface area contributed by atoms with Crippen LogP contribution in [0.1, 0.15) is 15.9 Å². The number of nitrogens with one attached hydrogen (secondary N) is 2. The van der Waals surface area contributed by atoms with Crippen molar-refractivity contribution in [3.63, 3.8) is 0 Å². The van der Waals surface area contributed by atoms with Gasteiger partial charge in [-0.05, 0) is 54.6 Å². The lowest BCUT2D eigenvalue weighted by molar-refractivity contribution is 0.102. The number of rotatable bonds is 6. The van der Waals surface area contributed by atoms with E-state index in [1.807, 2.05) is 6.07 Å². The molecule has 0 saturated carbocycles. The maximum atomic E-state index is 12.9. The summed E-state index contributed by atoms with van der Waals surface area (Å²) in [5.74, 6) is -0.106. The number of carbonyl (C=O) groups excluding carboxylic acids is 1. The molecule has 7 nitrogen and oxygen atoms in total. The van der Waals surface area contributed by atoms with Gasteiger partial charge < -0.3 is 10.1 Å². The number of halogens is 1. The van der Waals surface area contributed by atoms with Gasteiger partial charge in [-0.25, -0.2) is 8.42 Å². The van der Waals surface area contributed by atoms with Crippen molar-refractivity contribution in [3.05, 3.63) is 82.9 Å². The third-order valence-corrected chi connectivity index (χ3v) is 5.95. The number of benzene rings is 3. The van der Waals surface area contributed by atoms with Gasteiger partial charge in [-0.2, -0.15) is 5.26 Å². The van der Waals surface area contributed by atoms with E-state index in [-0.39, 0.29) is 21.3 Å². The number of hydrogen-bond donors (Lipinski definition) is 2. The van der Waals surface area contributed by atoms with E-state index in [1.165, 1.54) is 49.6 Å². The van der Waals surface area contributed by atoms with E-state index in [2.05, 4.69) is 10.0 Å². The van der Waals surface area contributed by atoms with Crippen molar-refractivity contribution in [2.75, 3.05) is 17.1 Å². The Kier molecular flexibility index (Phi) is 6.26. The van der Waals surface area contributed by atoms with Gasteiger partial charge in [0.25, 0.3) is 15.9 Å². The van der Waals surface area contributed by atoms with Gasteiger partial charge in [-0.3, -0.25) is 9.52 Å². The second kappa shape index (κ2) is 8.86. The van der Waals surface area contributed by atoms with Crippen molar-refractivity contribution in [1.82, 2.24) is 0 Å². The Hall–Kier alpha value is -3.54. The maximum Gasteiger partial charge on any atom is 0.263 e. The van der Waals surface area contributed by atoms with Gasteiger partial charge in [-0.1, -0.05) is 23.7 Å². The van der Waals surface area contributed by atoms with Crippen molar-refractivity contribution in [2.24, 2.45) is 0 Å². The lowest BCUT2D eigenvalue weighted by atomic mass is 10.1. The van der Waals surface area contributed by atoms with Crippen LogP contribution >= 0.6 is 11.6 Å². The molecule has 1 amide bonds.